The summed E-state index contributed by atoms with van der Waals surface area (Å²) in [6.07, 6.45) is 2.07. The molecule has 1 saturated carbocycles. The normalized spacial score (nSPS) is 17.9. The molecule has 0 bridgehead atoms. The SMILES string of the molecule is CC(=O)Cc1ccccc1C1(O)CC1. The molecule has 0 spiro atoms. The first-order valence-corrected chi connectivity index (χ1v) is 4.92. The van der Waals surface area contributed by atoms with E-state index < -0.39 is 5.60 Å². The Hall–Kier alpha value is -1.15. The van der Waals surface area contributed by atoms with Crippen LogP contribution in [0.25, 0.3) is 0 Å². The van der Waals surface area contributed by atoms with E-state index in [0.29, 0.717) is 6.42 Å². The van der Waals surface area contributed by atoms with Crippen molar-refractivity contribution in [2.45, 2.75) is 31.8 Å². The Kier molecular flexibility index (Phi) is 2.16. The maximum absolute atomic E-state index is 11.0. The monoisotopic (exact) mass is 190 g/mol. The minimum atomic E-state index is -0.633. The van der Waals surface area contributed by atoms with Gasteiger partial charge in [-0.3, -0.25) is 4.79 Å². The van der Waals surface area contributed by atoms with E-state index in [1.165, 1.54) is 0 Å². The predicted molar refractivity (Wildman–Crippen MR) is 54.0 cm³/mol. The van der Waals surface area contributed by atoms with Gasteiger partial charge >= 0.3 is 0 Å². The molecule has 1 aliphatic carbocycles. The summed E-state index contributed by atoms with van der Waals surface area (Å²) < 4.78 is 0. The number of ketones is 1. The van der Waals surface area contributed by atoms with Gasteiger partial charge in [0.1, 0.15) is 5.78 Å². The zero-order valence-corrected chi connectivity index (χ0v) is 8.29. The maximum Gasteiger partial charge on any atom is 0.134 e. The van der Waals surface area contributed by atoms with Gasteiger partial charge in [-0.2, -0.15) is 0 Å². The number of benzene rings is 1. The van der Waals surface area contributed by atoms with Crippen LogP contribution in [0.2, 0.25) is 0 Å². The van der Waals surface area contributed by atoms with Gasteiger partial charge in [0.15, 0.2) is 0 Å². The van der Waals surface area contributed by atoms with E-state index in [-0.39, 0.29) is 5.78 Å². The average Bonchev–Trinajstić information content (AvgIpc) is 2.84. The van der Waals surface area contributed by atoms with Gasteiger partial charge in [0.25, 0.3) is 0 Å². The van der Waals surface area contributed by atoms with E-state index in [9.17, 15) is 9.90 Å². The van der Waals surface area contributed by atoms with Gasteiger partial charge in [-0.15, -0.1) is 0 Å². The second-order valence-corrected chi connectivity index (χ2v) is 4.07. The molecule has 1 fully saturated rings. The fourth-order valence-electron chi connectivity index (χ4n) is 1.78. The molecule has 0 heterocycles. The molecule has 2 nitrogen and oxygen atoms in total. The molecule has 0 atom stereocenters. The summed E-state index contributed by atoms with van der Waals surface area (Å²) in [5.74, 6) is 0.140. The molecular weight excluding hydrogens is 176 g/mol. The number of carbonyl (C=O) groups excluding carboxylic acids is 1. The fraction of sp³-hybridized carbons (Fsp3) is 0.417. The van der Waals surface area contributed by atoms with Gasteiger partial charge in [0.2, 0.25) is 0 Å². The van der Waals surface area contributed by atoms with Gasteiger partial charge in [0, 0.05) is 6.42 Å². The highest BCUT2D eigenvalue weighted by atomic mass is 16.3. The van der Waals surface area contributed by atoms with Crippen molar-refractivity contribution in [3.8, 4) is 0 Å². The first kappa shape index (κ1) is 9.41. The lowest BCUT2D eigenvalue weighted by molar-refractivity contribution is -0.116. The summed E-state index contributed by atoms with van der Waals surface area (Å²) >= 11 is 0. The molecule has 0 aromatic heterocycles. The lowest BCUT2D eigenvalue weighted by Gasteiger charge is -2.12. The first-order valence-electron chi connectivity index (χ1n) is 4.92. The van der Waals surface area contributed by atoms with Crippen LogP contribution < -0.4 is 0 Å². The quantitative estimate of drug-likeness (QED) is 0.789. The van der Waals surface area contributed by atoms with Crippen LogP contribution in [0.4, 0.5) is 0 Å². The Bertz CT molecular complexity index is 364. The first-order chi connectivity index (χ1) is 6.62. The summed E-state index contributed by atoms with van der Waals surface area (Å²) in [4.78, 5) is 11.0. The van der Waals surface area contributed by atoms with Crippen molar-refractivity contribution >= 4 is 5.78 Å². The molecule has 1 N–H and O–H groups in total. The summed E-state index contributed by atoms with van der Waals surface area (Å²) in [7, 11) is 0. The minimum Gasteiger partial charge on any atom is -0.385 e. The molecule has 2 rings (SSSR count). The predicted octanol–water partition coefficient (Wildman–Crippen LogP) is 1.80. The van der Waals surface area contributed by atoms with E-state index in [0.717, 1.165) is 24.0 Å². The van der Waals surface area contributed by atoms with E-state index in [2.05, 4.69) is 0 Å². The molecule has 0 radical (unpaired) electrons. The molecule has 14 heavy (non-hydrogen) atoms. The number of aliphatic hydroxyl groups is 1. The third-order valence-electron chi connectivity index (χ3n) is 2.68. The molecule has 1 aliphatic rings. The van der Waals surface area contributed by atoms with Crippen molar-refractivity contribution < 1.29 is 9.90 Å². The average molecular weight is 190 g/mol. The van der Waals surface area contributed by atoms with E-state index in [1.54, 1.807) is 6.92 Å². The highest BCUT2D eigenvalue weighted by molar-refractivity contribution is 5.78. The van der Waals surface area contributed by atoms with Gasteiger partial charge in [0.05, 0.1) is 5.60 Å². The summed E-state index contributed by atoms with van der Waals surface area (Å²) in [6.45, 7) is 1.58. The van der Waals surface area contributed by atoms with Crippen molar-refractivity contribution in [2.24, 2.45) is 0 Å². The Morgan fingerprint density at radius 3 is 2.64 bits per heavy atom. The van der Waals surface area contributed by atoms with Crippen LogP contribution in [-0.4, -0.2) is 10.9 Å². The molecular formula is C12H14O2. The van der Waals surface area contributed by atoms with Crippen LogP contribution in [0.1, 0.15) is 30.9 Å². The topological polar surface area (TPSA) is 37.3 Å². The third-order valence-corrected chi connectivity index (χ3v) is 2.68. The van der Waals surface area contributed by atoms with Crippen LogP contribution in [0.15, 0.2) is 24.3 Å². The van der Waals surface area contributed by atoms with Crippen LogP contribution in [0.3, 0.4) is 0 Å². The lowest BCUT2D eigenvalue weighted by Crippen LogP contribution is -2.10. The second-order valence-electron chi connectivity index (χ2n) is 4.07. The highest BCUT2D eigenvalue weighted by Gasteiger charge is 2.43. The maximum atomic E-state index is 11.0. The van der Waals surface area contributed by atoms with Crippen LogP contribution >= 0.6 is 0 Å². The molecule has 0 saturated heterocycles. The second kappa shape index (κ2) is 3.21. The van der Waals surface area contributed by atoms with E-state index in [4.69, 9.17) is 0 Å². The zero-order valence-electron chi connectivity index (χ0n) is 8.29. The van der Waals surface area contributed by atoms with Gasteiger partial charge in [-0.25, -0.2) is 0 Å². The third kappa shape index (κ3) is 1.70. The Balaban J connectivity index is 2.34. The van der Waals surface area contributed by atoms with Crippen molar-refractivity contribution in [3.05, 3.63) is 35.4 Å². The smallest absolute Gasteiger partial charge is 0.134 e. The number of Topliss-reactive ketones (excluding diaryl/α,β-unsaturated/α-hetero) is 1. The number of carbonyl (C=O) groups is 1. The van der Waals surface area contributed by atoms with Crippen molar-refractivity contribution in [1.82, 2.24) is 0 Å². The molecule has 74 valence electrons. The lowest BCUT2D eigenvalue weighted by atomic mass is 9.97. The largest absolute Gasteiger partial charge is 0.385 e. The number of hydrogen-bond acceptors (Lipinski definition) is 2. The molecule has 1 aromatic rings. The summed E-state index contributed by atoms with van der Waals surface area (Å²) in [5, 5.41) is 9.98. The van der Waals surface area contributed by atoms with Crippen LogP contribution in [0, 0.1) is 0 Å². The van der Waals surface area contributed by atoms with Gasteiger partial charge < -0.3 is 5.11 Å². The molecule has 0 unspecified atom stereocenters. The Morgan fingerprint density at radius 1 is 1.43 bits per heavy atom. The number of rotatable bonds is 3. The summed E-state index contributed by atoms with van der Waals surface area (Å²) in [6, 6.07) is 7.67. The van der Waals surface area contributed by atoms with E-state index >= 15 is 0 Å². The van der Waals surface area contributed by atoms with Crippen molar-refractivity contribution in [1.29, 1.82) is 0 Å². The molecule has 2 heteroatoms. The molecule has 1 aromatic carbocycles. The van der Waals surface area contributed by atoms with Gasteiger partial charge in [-0.1, -0.05) is 24.3 Å². The Morgan fingerprint density at radius 2 is 2.07 bits per heavy atom. The van der Waals surface area contributed by atoms with Crippen LogP contribution in [-0.2, 0) is 16.8 Å². The van der Waals surface area contributed by atoms with E-state index in [1.807, 2.05) is 24.3 Å². The van der Waals surface area contributed by atoms with Crippen LogP contribution in [0.5, 0.6) is 0 Å². The highest BCUT2D eigenvalue weighted by Crippen LogP contribution is 2.46. The Labute approximate surface area is 83.6 Å². The zero-order chi connectivity index (χ0) is 10.2. The fourth-order valence-corrected chi connectivity index (χ4v) is 1.78. The number of hydrogen-bond donors (Lipinski definition) is 1. The minimum absolute atomic E-state index is 0.140. The molecule has 0 aliphatic heterocycles. The standard InChI is InChI=1S/C12H14O2/c1-9(13)8-10-4-2-3-5-11(10)12(14)6-7-12/h2-5,14H,6-8H2,1H3. The summed E-state index contributed by atoms with van der Waals surface area (Å²) in [5.41, 5.74) is 1.28. The van der Waals surface area contributed by atoms with Gasteiger partial charge in [-0.05, 0) is 30.9 Å². The molecule has 0 amide bonds. The van der Waals surface area contributed by atoms with Crippen molar-refractivity contribution in [3.63, 3.8) is 0 Å². The van der Waals surface area contributed by atoms with Crippen molar-refractivity contribution in [2.75, 3.05) is 0 Å².